The zero-order chi connectivity index (χ0) is 16.5. The molecule has 0 aromatic heterocycles. The second-order valence-corrected chi connectivity index (χ2v) is 8.05. The van der Waals surface area contributed by atoms with E-state index < -0.39 is 0 Å². The lowest BCUT2D eigenvalue weighted by Gasteiger charge is -2.25. The number of carbonyl (C=O) groups is 2. The van der Waals surface area contributed by atoms with Crippen LogP contribution in [0.1, 0.15) is 77.0 Å². The van der Waals surface area contributed by atoms with Crippen LogP contribution >= 0.6 is 0 Å². The van der Waals surface area contributed by atoms with E-state index in [4.69, 9.17) is 9.47 Å². The minimum atomic E-state index is -0.262. The minimum Gasteiger partial charge on any atom is -0.458 e. The van der Waals surface area contributed by atoms with Crippen molar-refractivity contribution in [3.63, 3.8) is 0 Å². The standard InChI is InChI=1S/C20H28O4/c21-19-15(11-17(23-19)13-7-3-1-4-8-13)16-12-18(24-20(16)22)14-9-5-2-6-10-14/h13-14,17-18H,1-12H2/b16-15-. The summed E-state index contributed by atoms with van der Waals surface area (Å²) in [6.07, 6.45) is 13.3. The molecule has 4 aliphatic rings. The van der Waals surface area contributed by atoms with Gasteiger partial charge in [0.05, 0.1) is 11.1 Å². The molecule has 0 amide bonds. The summed E-state index contributed by atoms with van der Waals surface area (Å²) in [6.45, 7) is 0. The van der Waals surface area contributed by atoms with Crippen molar-refractivity contribution >= 4 is 11.9 Å². The fourth-order valence-corrected chi connectivity index (χ4v) is 5.10. The number of hydrogen-bond acceptors (Lipinski definition) is 4. The maximum atomic E-state index is 12.4. The Balaban J connectivity index is 1.46. The number of ether oxygens (including phenoxy) is 2. The monoisotopic (exact) mass is 332 g/mol. The molecule has 0 aromatic rings. The lowest BCUT2D eigenvalue weighted by molar-refractivity contribution is -0.143. The normalized spacial score (nSPS) is 36.0. The first-order valence-electron chi connectivity index (χ1n) is 9.86. The third-order valence-corrected chi connectivity index (χ3v) is 6.54. The van der Waals surface area contributed by atoms with Crippen molar-refractivity contribution in [2.45, 2.75) is 89.3 Å². The topological polar surface area (TPSA) is 52.6 Å². The van der Waals surface area contributed by atoms with E-state index >= 15 is 0 Å². The van der Waals surface area contributed by atoms with E-state index in [0.29, 0.717) is 35.8 Å². The van der Waals surface area contributed by atoms with Crippen LogP contribution in [-0.2, 0) is 19.1 Å². The fourth-order valence-electron chi connectivity index (χ4n) is 5.10. The Morgan fingerprint density at radius 1 is 0.583 bits per heavy atom. The van der Waals surface area contributed by atoms with Gasteiger partial charge in [-0.05, 0) is 37.5 Å². The summed E-state index contributed by atoms with van der Waals surface area (Å²) in [5.41, 5.74) is 1.24. The van der Waals surface area contributed by atoms with Gasteiger partial charge in [0.2, 0.25) is 0 Å². The summed E-state index contributed by atoms with van der Waals surface area (Å²) in [5, 5.41) is 0. The molecule has 0 radical (unpaired) electrons. The fraction of sp³-hybridized carbons (Fsp3) is 0.800. The molecule has 2 saturated carbocycles. The van der Waals surface area contributed by atoms with Crippen LogP contribution in [0.25, 0.3) is 0 Å². The van der Waals surface area contributed by atoms with Crippen LogP contribution in [-0.4, -0.2) is 24.1 Å². The van der Waals surface area contributed by atoms with Gasteiger partial charge in [-0.15, -0.1) is 0 Å². The Labute approximate surface area is 144 Å². The zero-order valence-corrected chi connectivity index (χ0v) is 14.4. The van der Waals surface area contributed by atoms with Crippen molar-refractivity contribution in [3.05, 3.63) is 11.1 Å². The van der Waals surface area contributed by atoms with E-state index in [9.17, 15) is 9.59 Å². The van der Waals surface area contributed by atoms with E-state index in [-0.39, 0.29) is 24.1 Å². The van der Waals surface area contributed by atoms with Crippen LogP contribution < -0.4 is 0 Å². The van der Waals surface area contributed by atoms with Crippen LogP contribution in [0.5, 0.6) is 0 Å². The van der Waals surface area contributed by atoms with Gasteiger partial charge < -0.3 is 9.47 Å². The van der Waals surface area contributed by atoms with Gasteiger partial charge in [0.15, 0.2) is 0 Å². The van der Waals surface area contributed by atoms with Gasteiger partial charge in [0.1, 0.15) is 12.2 Å². The molecule has 2 saturated heterocycles. The molecule has 2 aliphatic carbocycles. The Morgan fingerprint density at radius 3 is 1.33 bits per heavy atom. The highest BCUT2D eigenvalue weighted by Gasteiger charge is 2.43. The maximum absolute atomic E-state index is 12.4. The summed E-state index contributed by atoms with van der Waals surface area (Å²) in [4.78, 5) is 24.7. The first-order valence-corrected chi connectivity index (χ1v) is 9.86. The van der Waals surface area contributed by atoms with E-state index in [0.717, 1.165) is 25.7 Å². The van der Waals surface area contributed by atoms with Gasteiger partial charge in [0.25, 0.3) is 0 Å². The number of cyclic esters (lactones) is 2. The molecule has 4 fully saturated rings. The third kappa shape index (κ3) is 3.12. The summed E-state index contributed by atoms with van der Waals surface area (Å²) in [6, 6.07) is 0. The number of carbonyl (C=O) groups excluding carboxylic acids is 2. The van der Waals surface area contributed by atoms with Crippen molar-refractivity contribution < 1.29 is 19.1 Å². The molecule has 4 heteroatoms. The Kier molecular flexibility index (Phi) is 4.64. The Morgan fingerprint density at radius 2 is 0.958 bits per heavy atom. The van der Waals surface area contributed by atoms with Crippen LogP contribution in [0, 0.1) is 11.8 Å². The molecular weight excluding hydrogens is 304 g/mol. The van der Waals surface area contributed by atoms with Crippen molar-refractivity contribution in [2.24, 2.45) is 11.8 Å². The second-order valence-electron chi connectivity index (χ2n) is 8.05. The van der Waals surface area contributed by atoms with Gasteiger partial charge in [-0.2, -0.15) is 0 Å². The molecule has 0 aromatic carbocycles. The lowest BCUT2D eigenvalue weighted by Crippen LogP contribution is -2.22. The van der Waals surface area contributed by atoms with Gasteiger partial charge in [-0.1, -0.05) is 38.5 Å². The minimum absolute atomic E-state index is 0.0122. The van der Waals surface area contributed by atoms with Gasteiger partial charge in [-0.3, -0.25) is 0 Å². The van der Waals surface area contributed by atoms with Gasteiger partial charge in [-0.25, -0.2) is 9.59 Å². The zero-order valence-electron chi connectivity index (χ0n) is 14.4. The molecule has 2 aliphatic heterocycles. The number of esters is 2. The highest BCUT2D eigenvalue weighted by atomic mass is 16.6. The van der Waals surface area contributed by atoms with E-state index in [2.05, 4.69) is 0 Å². The van der Waals surface area contributed by atoms with Gasteiger partial charge >= 0.3 is 11.9 Å². The molecular formula is C20H28O4. The summed E-state index contributed by atoms with van der Waals surface area (Å²) >= 11 is 0. The molecule has 2 atom stereocenters. The molecule has 4 rings (SSSR count). The smallest absolute Gasteiger partial charge is 0.334 e. The summed E-state index contributed by atoms with van der Waals surface area (Å²) in [5.74, 6) is 0.434. The molecule has 2 unspecified atom stereocenters. The molecule has 2 heterocycles. The average Bonchev–Trinajstić information content (AvgIpc) is 3.19. The largest absolute Gasteiger partial charge is 0.458 e. The molecule has 24 heavy (non-hydrogen) atoms. The van der Waals surface area contributed by atoms with Crippen LogP contribution in [0.3, 0.4) is 0 Å². The predicted molar refractivity (Wildman–Crippen MR) is 89.2 cm³/mol. The molecule has 132 valence electrons. The van der Waals surface area contributed by atoms with Crippen molar-refractivity contribution in [3.8, 4) is 0 Å². The molecule has 0 N–H and O–H groups in total. The summed E-state index contributed by atoms with van der Waals surface area (Å²) in [7, 11) is 0. The highest BCUT2D eigenvalue weighted by molar-refractivity contribution is 6.02. The van der Waals surface area contributed by atoms with Crippen LogP contribution in [0.15, 0.2) is 11.1 Å². The van der Waals surface area contributed by atoms with Gasteiger partial charge in [0, 0.05) is 12.8 Å². The van der Waals surface area contributed by atoms with Crippen LogP contribution in [0.4, 0.5) is 0 Å². The SMILES string of the molecule is O=C1OC(C2CCCCC2)C/C1=C1\CC(C2CCCCC2)OC1=O. The van der Waals surface area contributed by atoms with E-state index in [1.165, 1.54) is 38.5 Å². The quantitative estimate of drug-likeness (QED) is 0.565. The lowest BCUT2D eigenvalue weighted by atomic mass is 9.82. The third-order valence-electron chi connectivity index (χ3n) is 6.54. The molecule has 0 bridgehead atoms. The van der Waals surface area contributed by atoms with E-state index in [1.54, 1.807) is 0 Å². The Hall–Kier alpha value is -1.32. The molecule has 4 nitrogen and oxygen atoms in total. The predicted octanol–water partition coefficient (Wildman–Crippen LogP) is 4.07. The first-order chi connectivity index (χ1) is 11.7. The number of hydrogen-bond donors (Lipinski definition) is 0. The second kappa shape index (κ2) is 6.89. The maximum Gasteiger partial charge on any atom is 0.334 e. The van der Waals surface area contributed by atoms with Crippen LogP contribution in [0.2, 0.25) is 0 Å². The average molecular weight is 332 g/mol. The summed E-state index contributed by atoms with van der Waals surface area (Å²) < 4.78 is 11.3. The van der Waals surface area contributed by atoms with Crippen molar-refractivity contribution in [1.29, 1.82) is 0 Å². The van der Waals surface area contributed by atoms with Crippen molar-refractivity contribution in [2.75, 3.05) is 0 Å². The van der Waals surface area contributed by atoms with E-state index in [1.807, 2.05) is 0 Å². The Bertz CT molecular complexity index is 490. The highest BCUT2D eigenvalue weighted by Crippen LogP contribution is 2.40. The number of rotatable bonds is 2. The molecule has 0 spiro atoms. The first kappa shape index (κ1) is 16.2. The van der Waals surface area contributed by atoms with Crippen molar-refractivity contribution in [1.82, 2.24) is 0 Å².